The Hall–Kier alpha value is -2.65. The van der Waals surface area contributed by atoms with Gasteiger partial charge < -0.3 is 40.4 Å². The van der Waals surface area contributed by atoms with E-state index in [-0.39, 0.29) is 43.5 Å². The van der Waals surface area contributed by atoms with Crippen molar-refractivity contribution < 1.29 is 38.8 Å². The third kappa shape index (κ3) is 11.5. The van der Waals surface area contributed by atoms with Gasteiger partial charge in [-0.1, -0.05) is 18.1 Å². The van der Waals surface area contributed by atoms with Crippen LogP contribution in [0.2, 0.25) is 0 Å². The van der Waals surface area contributed by atoms with Crippen LogP contribution in [-0.2, 0) is 35.1 Å². The van der Waals surface area contributed by atoms with Crippen molar-refractivity contribution in [2.75, 3.05) is 19.9 Å². The van der Waals surface area contributed by atoms with Gasteiger partial charge in [-0.15, -0.1) is 5.10 Å². The van der Waals surface area contributed by atoms with E-state index >= 15 is 0 Å². The molecule has 0 aliphatic carbocycles. The largest absolute Gasteiger partial charge is 0.388 e. The maximum absolute atomic E-state index is 11.8. The third-order valence-electron chi connectivity index (χ3n) is 5.59. The fraction of sp³-hybridized carbons (Fsp3) is 0.783. The minimum Gasteiger partial charge on any atom is -0.388 e. The summed E-state index contributed by atoms with van der Waals surface area (Å²) >= 11 is 0. The monoisotopic (exact) mass is 528 g/mol. The first-order valence-corrected chi connectivity index (χ1v) is 12.6. The van der Waals surface area contributed by atoms with Crippen LogP contribution >= 0.6 is 0 Å². The Kier molecular flexibility index (Phi) is 13.4. The Morgan fingerprint density at radius 1 is 1.08 bits per heavy atom. The fourth-order valence-electron chi connectivity index (χ4n) is 3.69. The van der Waals surface area contributed by atoms with Crippen LogP contribution in [0.4, 0.5) is 0 Å². The summed E-state index contributed by atoms with van der Waals surface area (Å²) in [4.78, 5) is 35.1. The van der Waals surface area contributed by atoms with Gasteiger partial charge in [-0.25, -0.2) is 4.68 Å². The molecule has 2 rings (SSSR count). The van der Waals surface area contributed by atoms with Gasteiger partial charge >= 0.3 is 0 Å². The first-order valence-electron chi connectivity index (χ1n) is 12.6. The van der Waals surface area contributed by atoms with E-state index in [9.17, 15) is 24.6 Å². The van der Waals surface area contributed by atoms with Crippen molar-refractivity contribution in [2.24, 2.45) is 0 Å². The van der Waals surface area contributed by atoms with Gasteiger partial charge in [0, 0.05) is 26.3 Å². The van der Waals surface area contributed by atoms with Crippen molar-refractivity contribution in [3.8, 4) is 0 Å². The number of nitrogens with one attached hydrogen (secondary N) is 3. The van der Waals surface area contributed by atoms with Crippen molar-refractivity contribution in [1.82, 2.24) is 30.9 Å². The second-order valence-corrected chi connectivity index (χ2v) is 9.15. The van der Waals surface area contributed by atoms with Gasteiger partial charge in [0.2, 0.25) is 17.7 Å². The lowest BCUT2D eigenvalue weighted by atomic mass is 9.96. The summed E-state index contributed by atoms with van der Waals surface area (Å²) < 4.78 is 18.4. The molecule has 0 bridgehead atoms. The number of rotatable bonds is 16. The Balaban J connectivity index is 1.65. The number of aromatic nitrogens is 3. The number of carbonyl (C=O) groups excluding carboxylic acids is 3. The highest BCUT2D eigenvalue weighted by molar-refractivity contribution is 5.96. The summed E-state index contributed by atoms with van der Waals surface area (Å²) in [5.41, 5.74) is 0. The normalized spacial score (nSPS) is 23.6. The van der Waals surface area contributed by atoms with Crippen molar-refractivity contribution in [3.05, 3.63) is 12.4 Å². The van der Waals surface area contributed by atoms with Gasteiger partial charge in [-0.2, -0.15) is 0 Å². The lowest BCUT2D eigenvalue weighted by Gasteiger charge is -2.42. The zero-order valence-corrected chi connectivity index (χ0v) is 21.7. The van der Waals surface area contributed by atoms with Crippen molar-refractivity contribution in [2.45, 2.75) is 96.2 Å². The van der Waals surface area contributed by atoms with E-state index in [2.05, 4.69) is 26.3 Å². The van der Waals surface area contributed by atoms with Gasteiger partial charge in [-0.3, -0.25) is 14.4 Å². The van der Waals surface area contributed by atoms with E-state index in [1.807, 2.05) is 13.8 Å². The highest BCUT2D eigenvalue weighted by Gasteiger charge is 2.45. The molecule has 0 spiro atoms. The molecular formula is C23H40N6O8. The second-order valence-electron chi connectivity index (χ2n) is 9.15. The van der Waals surface area contributed by atoms with E-state index in [0.29, 0.717) is 19.6 Å². The summed E-state index contributed by atoms with van der Waals surface area (Å²) in [5.74, 6) is -1.12. The molecule has 1 saturated heterocycles. The minimum atomic E-state index is -1.29. The number of ether oxygens (including phenoxy) is 3. The zero-order chi connectivity index (χ0) is 27.2. The third-order valence-corrected chi connectivity index (χ3v) is 5.59. The molecule has 37 heavy (non-hydrogen) atoms. The molecule has 14 nitrogen and oxygen atoms in total. The molecule has 0 aromatic carbocycles. The van der Waals surface area contributed by atoms with Crippen LogP contribution in [0.5, 0.6) is 0 Å². The van der Waals surface area contributed by atoms with Gasteiger partial charge in [0.1, 0.15) is 37.5 Å². The Bertz CT molecular complexity index is 824. The van der Waals surface area contributed by atoms with E-state index in [4.69, 9.17) is 14.2 Å². The van der Waals surface area contributed by atoms with Gasteiger partial charge in [0.05, 0.1) is 18.8 Å². The number of hydrogen-bond donors (Lipinski definition) is 5. The Morgan fingerprint density at radius 3 is 2.49 bits per heavy atom. The summed E-state index contributed by atoms with van der Waals surface area (Å²) in [5, 5.41) is 36.4. The standard InChI is InChI=1S/C23H40N6O8/c1-15(2)36-14-25-19(32)12-18(31)24-8-6-4-5-7-11-35-23-20(27-16(3)30)22(34)21(33)17(37-23)13-29-10-9-26-28-29/h9-10,15,17,20-23,33-34H,4-8,11-14H2,1-3H3,(H,24,31)(H,25,32)(H,27,30). The number of hydrogen-bond acceptors (Lipinski definition) is 10. The highest BCUT2D eigenvalue weighted by Crippen LogP contribution is 2.23. The number of nitrogens with zero attached hydrogens (tertiary/aromatic N) is 3. The van der Waals surface area contributed by atoms with Gasteiger partial charge in [-0.05, 0) is 26.7 Å². The van der Waals surface area contributed by atoms with Crippen molar-refractivity contribution >= 4 is 17.7 Å². The maximum atomic E-state index is 11.8. The summed E-state index contributed by atoms with van der Waals surface area (Å²) in [6.45, 7) is 6.01. The van der Waals surface area contributed by atoms with Crippen LogP contribution in [0.3, 0.4) is 0 Å². The first kappa shape index (κ1) is 30.6. The molecule has 14 heteroatoms. The fourth-order valence-corrected chi connectivity index (χ4v) is 3.69. The minimum absolute atomic E-state index is 0.00446. The van der Waals surface area contributed by atoms with Crippen LogP contribution in [0.25, 0.3) is 0 Å². The summed E-state index contributed by atoms with van der Waals surface area (Å²) in [6.07, 6.45) is 1.62. The molecule has 3 amide bonds. The van der Waals surface area contributed by atoms with Gasteiger partial charge in [0.15, 0.2) is 6.29 Å². The molecule has 5 atom stereocenters. The van der Waals surface area contributed by atoms with Crippen molar-refractivity contribution in [1.29, 1.82) is 0 Å². The molecule has 1 fully saturated rings. The molecule has 1 aliphatic rings. The van der Waals surface area contributed by atoms with E-state index < -0.39 is 30.6 Å². The van der Waals surface area contributed by atoms with Crippen LogP contribution < -0.4 is 16.0 Å². The predicted molar refractivity (Wildman–Crippen MR) is 130 cm³/mol. The number of aliphatic hydroxyl groups excluding tert-OH is 2. The molecule has 2 heterocycles. The quantitative estimate of drug-likeness (QED) is 0.0992. The number of aliphatic hydroxyl groups is 2. The molecular weight excluding hydrogens is 488 g/mol. The average Bonchev–Trinajstić information content (AvgIpc) is 3.34. The number of unbranched alkanes of at least 4 members (excludes halogenated alkanes) is 3. The van der Waals surface area contributed by atoms with Gasteiger partial charge in [0.25, 0.3) is 0 Å². The van der Waals surface area contributed by atoms with E-state index in [0.717, 1.165) is 19.3 Å². The first-order chi connectivity index (χ1) is 17.7. The van der Waals surface area contributed by atoms with E-state index in [1.54, 1.807) is 6.20 Å². The highest BCUT2D eigenvalue weighted by atomic mass is 16.7. The van der Waals surface area contributed by atoms with Crippen LogP contribution in [0.1, 0.15) is 52.9 Å². The number of carbonyl (C=O) groups is 3. The summed E-state index contributed by atoms with van der Waals surface area (Å²) in [6, 6.07) is -0.927. The topological polar surface area (TPSA) is 186 Å². The maximum Gasteiger partial charge on any atom is 0.231 e. The average molecular weight is 529 g/mol. The lowest BCUT2D eigenvalue weighted by molar-refractivity contribution is -0.267. The van der Waals surface area contributed by atoms with Crippen LogP contribution in [0.15, 0.2) is 12.4 Å². The smallest absolute Gasteiger partial charge is 0.231 e. The Labute approximate surface area is 216 Å². The number of amides is 3. The molecule has 0 saturated carbocycles. The molecule has 0 radical (unpaired) electrons. The molecule has 5 N–H and O–H groups in total. The van der Waals surface area contributed by atoms with Crippen LogP contribution in [0, 0.1) is 0 Å². The molecule has 1 aliphatic heterocycles. The summed E-state index contributed by atoms with van der Waals surface area (Å²) in [7, 11) is 0. The second kappa shape index (κ2) is 16.2. The molecule has 1 aromatic heterocycles. The zero-order valence-electron chi connectivity index (χ0n) is 21.7. The molecule has 210 valence electrons. The Morgan fingerprint density at radius 2 is 1.81 bits per heavy atom. The van der Waals surface area contributed by atoms with Crippen molar-refractivity contribution in [3.63, 3.8) is 0 Å². The van der Waals surface area contributed by atoms with E-state index in [1.165, 1.54) is 17.8 Å². The predicted octanol–water partition coefficient (Wildman–Crippen LogP) is -1.19. The lowest BCUT2D eigenvalue weighted by Crippen LogP contribution is -2.64. The van der Waals surface area contributed by atoms with Crippen LogP contribution in [-0.4, -0.2) is 99.6 Å². The molecule has 5 unspecified atom stereocenters. The SMILES string of the molecule is CC(=O)NC1C(OCCCCCCNC(=O)CC(=O)NCOC(C)C)OC(Cn2ccnn2)C(O)C1O. The molecule has 1 aromatic rings.